The molecule has 8 rings (SSSR count). The minimum atomic E-state index is 0. The monoisotopic (exact) mass is 814 g/mol. The maximum absolute atomic E-state index is 2.26. The molecular weight excluding hydrogens is 775 g/mol. The van der Waals surface area contributed by atoms with E-state index >= 15 is 0 Å². The van der Waals surface area contributed by atoms with E-state index in [2.05, 4.69) is 72.8 Å². The summed E-state index contributed by atoms with van der Waals surface area (Å²) in [6.07, 6.45) is 21.8. The molecule has 0 spiro atoms. The van der Waals surface area contributed by atoms with E-state index in [9.17, 15) is 0 Å². The minimum Gasteiger partial charge on any atom is -1.00 e. The van der Waals surface area contributed by atoms with Gasteiger partial charge in [-0.25, -0.2) is 24.3 Å². The van der Waals surface area contributed by atoms with E-state index in [1.54, 1.807) is 44.5 Å². The first-order chi connectivity index (χ1) is 17.9. The van der Waals surface area contributed by atoms with Gasteiger partial charge in [0, 0.05) is 0 Å². The second kappa shape index (κ2) is 20.9. The molecule has 0 amide bonds. The maximum Gasteiger partial charge on any atom is 2.00 e. The molecule has 4 aromatic rings. The van der Waals surface area contributed by atoms with Crippen molar-refractivity contribution in [3.63, 3.8) is 0 Å². The summed E-state index contributed by atoms with van der Waals surface area (Å²) in [5.74, 6) is 0. The topological polar surface area (TPSA) is 0 Å². The van der Waals surface area contributed by atoms with Crippen LogP contribution in [0.4, 0.5) is 0 Å². The number of hydrogen-bond donors (Lipinski definition) is 0. The van der Waals surface area contributed by atoms with Crippen LogP contribution < -0.4 is 34.0 Å². The van der Waals surface area contributed by atoms with Crippen molar-refractivity contribution >= 4 is 0 Å². The van der Waals surface area contributed by atoms with E-state index in [0.717, 1.165) is 0 Å². The Morgan fingerprint density at radius 3 is 0.725 bits per heavy atom. The van der Waals surface area contributed by atoms with Crippen molar-refractivity contribution in [3.8, 4) is 0 Å². The van der Waals surface area contributed by atoms with Gasteiger partial charge in [0.2, 0.25) is 0 Å². The number of rotatable bonds is 0. The van der Waals surface area contributed by atoms with Gasteiger partial charge in [-0.1, -0.05) is 103 Å². The van der Waals surface area contributed by atoms with Gasteiger partial charge in [0.25, 0.3) is 0 Å². The molecule has 212 valence electrons. The first kappa shape index (κ1) is 38.2. The number of hydrogen-bond acceptors (Lipinski definition) is 0. The Morgan fingerprint density at radius 1 is 0.325 bits per heavy atom. The number of halogens is 2. The Labute approximate surface area is 303 Å². The first-order valence-electron chi connectivity index (χ1n) is 14.8. The van der Waals surface area contributed by atoms with Crippen LogP contribution in [0.1, 0.15) is 95.9 Å². The molecule has 0 saturated carbocycles. The summed E-state index contributed by atoms with van der Waals surface area (Å²) in [7, 11) is 0. The molecule has 0 N–H and O–H groups in total. The van der Waals surface area contributed by atoms with Gasteiger partial charge < -0.3 is 34.0 Å². The van der Waals surface area contributed by atoms with Crippen molar-refractivity contribution < 1.29 is 86.4 Å². The molecule has 4 aromatic carbocycles. The van der Waals surface area contributed by atoms with Gasteiger partial charge in [0.05, 0.1) is 0 Å². The van der Waals surface area contributed by atoms with Crippen LogP contribution in [0, 0.1) is 0 Å². The van der Waals surface area contributed by atoms with Crippen molar-refractivity contribution in [2.45, 2.75) is 103 Å². The van der Waals surface area contributed by atoms with Gasteiger partial charge in [-0.15, -0.1) is 0 Å². The largest absolute Gasteiger partial charge is 2.00 e. The van der Waals surface area contributed by atoms with Crippen molar-refractivity contribution in [1.29, 1.82) is 0 Å². The molecule has 0 fully saturated rings. The molecule has 4 heteroatoms. The molecule has 0 nitrogen and oxygen atoms in total. The third-order valence-electron chi connectivity index (χ3n) is 8.60. The number of aryl methyl sites for hydroxylation is 8. The van der Waals surface area contributed by atoms with Gasteiger partial charge in [-0.3, -0.25) is 0 Å². The maximum atomic E-state index is 2.26. The molecule has 0 heterocycles. The molecule has 0 atom stereocenters. The number of fused-ring (bicyclic) bond motifs is 4. The summed E-state index contributed by atoms with van der Waals surface area (Å²) in [4.78, 5) is 0. The molecule has 0 bridgehead atoms. The van der Waals surface area contributed by atoms with Crippen molar-refractivity contribution in [3.05, 3.63) is 117 Å². The van der Waals surface area contributed by atoms with Crippen molar-refractivity contribution in [1.82, 2.24) is 0 Å². The van der Waals surface area contributed by atoms with E-state index in [-0.39, 0.29) is 86.4 Å². The molecule has 0 saturated heterocycles. The fourth-order valence-corrected chi connectivity index (χ4v) is 6.45. The predicted molar refractivity (Wildman–Crippen MR) is 155 cm³/mol. The van der Waals surface area contributed by atoms with Crippen LogP contribution in [0.15, 0.2) is 72.8 Å². The minimum absolute atomic E-state index is 0. The second-order valence-corrected chi connectivity index (χ2v) is 11.1. The van der Waals surface area contributed by atoms with Gasteiger partial charge in [0.15, 0.2) is 0 Å². The zero-order chi connectivity index (χ0) is 24.4. The Balaban J connectivity index is 0.000000258. The zero-order valence-corrected chi connectivity index (χ0v) is 32.1. The van der Waals surface area contributed by atoms with Crippen LogP contribution in [0.5, 0.6) is 0 Å². The van der Waals surface area contributed by atoms with Crippen molar-refractivity contribution in [2.75, 3.05) is 0 Å². The van der Waals surface area contributed by atoms with Crippen LogP contribution in [-0.2, 0) is 104 Å². The van der Waals surface area contributed by atoms with Crippen LogP contribution >= 0.6 is 0 Å². The second-order valence-electron chi connectivity index (χ2n) is 11.1. The van der Waals surface area contributed by atoms with E-state index < -0.39 is 0 Å². The molecule has 0 radical (unpaired) electrons. The summed E-state index contributed by atoms with van der Waals surface area (Å²) in [6.45, 7) is 0. The average Bonchev–Trinajstić information content (AvgIpc) is 3.76. The smallest absolute Gasteiger partial charge is 1.00 e. The van der Waals surface area contributed by atoms with Gasteiger partial charge in [-0.05, 0) is 0 Å². The SMILES string of the molecule is [Br-].[Br-].[Zr+2].[Zr+2].c1cc2c([cH-]1)CCCC2.c1cc2c([cH-]1)CCCC2.c1cc2c([cH-]1)CCCC2.c1cc2c([cH-]1)CCCC2. The van der Waals surface area contributed by atoms with Crippen LogP contribution in [0.2, 0.25) is 0 Å². The molecule has 0 aromatic heterocycles. The van der Waals surface area contributed by atoms with E-state index in [1.165, 1.54) is 103 Å². The van der Waals surface area contributed by atoms with E-state index in [1.807, 2.05) is 0 Å². The van der Waals surface area contributed by atoms with Crippen molar-refractivity contribution in [2.24, 2.45) is 0 Å². The fraction of sp³-hybridized carbons (Fsp3) is 0.444. The molecule has 4 aliphatic carbocycles. The fourth-order valence-electron chi connectivity index (χ4n) is 6.45. The third-order valence-corrected chi connectivity index (χ3v) is 8.60. The van der Waals surface area contributed by atoms with Gasteiger partial charge in [-0.2, -0.15) is 93.0 Å². The van der Waals surface area contributed by atoms with Crippen LogP contribution in [0.3, 0.4) is 0 Å². The molecule has 0 aliphatic heterocycles. The van der Waals surface area contributed by atoms with E-state index in [4.69, 9.17) is 0 Å². The Kier molecular flexibility index (Phi) is 20.0. The Hall–Kier alpha value is 0.126. The summed E-state index contributed by atoms with van der Waals surface area (Å²) >= 11 is 0. The summed E-state index contributed by atoms with van der Waals surface area (Å²) in [5.41, 5.74) is 12.8. The standard InChI is InChI=1S/4C9H11.2BrH.2Zr/c4*1-2-5-9-7-3-6-8(9)4-1;;;;/h4*3,6-7H,1-2,4-5H2;2*1H;;/q4*-1;;;2*+2/p-2. The first-order valence-corrected chi connectivity index (χ1v) is 14.8. The quantitative estimate of drug-likeness (QED) is 0.240. The Morgan fingerprint density at radius 2 is 0.525 bits per heavy atom. The normalized spacial score (nSPS) is 15.6. The van der Waals surface area contributed by atoms with Crippen LogP contribution in [0.25, 0.3) is 0 Å². The van der Waals surface area contributed by atoms with Gasteiger partial charge in [0.1, 0.15) is 0 Å². The predicted octanol–water partition coefficient (Wildman–Crippen LogP) is 3.14. The summed E-state index contributed by atoms with van der Waals surface area (Å²) in [5, 5.41) is 0. The zero-order valence-electron chi connectivity index (χ0n) is 24.0. The summed E-state index contributed by atoms with van der Waals surface area (Å²) in [6, 6.07) is 26.8. The summed E-state index contributed by atoms with van der Waals surface area (Å²) < 4.78 is 0. The average molecular weight is 819 g/mol. The third kappa shape index (κ3) is 11.3. The molecule has 0 unspecified atom stereocenters. The Bertz CT molecular complexity index is 908. The molecule has 40 heavy (non-hydrogen) atoms. The van der Waals surface area contributed by atoms with Gasteiger partial charge >= 0.3 is 52.4 Å². The van der Waals surface area contributed by atoms with Crippen LogP contribution in [-0.4, -0.2) is 0 Å². The molecule has 4 aliphatic rings. The molecular formula is C36H44Br2Zr2-2. The van der Waals surface area contributed by atoms with E-state index in [0.29, 0.717) is 0 Å².